The van der Waals surface area contributed by atoms with Gasteiger partial charge in [0.05, 0.1) is 12.7 Å². The van der Waals surface area contributed by atoms with Crippen LogP contribution < -0.4 is 0 Å². The van der Waals surface area contributed by atoms with Gasteiger partial charge in [-0.1, -0.05) is 0 Å². The third-order valence-electron chi connectivity index (χ3n) is 1.28. The maximum Gasteiger partial charge on any atom is 0.343 e. The quantitative estimate of drug-likeness (QED) is 0.555. The molecular weight excluding hydrogens is 263 g/mol. The zero-order valence-electron chi connectivity index (χ0n) is 8.99. The maximum absolute atomic E-state index is 11.2. The maximum atomic E-state index is 11.2. The Morgan fingerprint density at radius 1 is 1.29 bits per heavy atom. The summed E-state index contributed by atoms with van der Waals surface area (Å²) in [5.74, 6) is -0.934. The number of ketones is 1. The smallest absolute Gasteiger partial charge is 0.343 e. The fourth-order valence-corrected chi connectivity index (χ4v) is 0.807. The summed E-state index contributed by atoms with van der Waals surface area (Å²) in [7, 11) is 0. The zero-order chi connectivity index (χ0) is 10.4. The Morgan fingerprint density at radius 2 is 1.79 bits per heavy atom. The van der Waals surface area contributed by atoms with Crippen LogP contribution in [0.15, 0.2) is 0 Å². The van der Waals surface area contributed by atoms with E-state index in [0.29, 0.717) is 0 Å². The fourth-order valence-electron chi connectivity index (χ4n) is 0.807. The first-order valence-corrected chi connectivity index (χ1v) is 4.31. The number of carbonyl (C=O) groups excluding carboxylic acids is 2. The van der Waals surface area contributed by atoms with Crippen LogP contribution >= 0.6 is 0 Å². The van der Waals surface area contributed by atoms with E-state index in [0.717, 1.165) is 0 Å². The molecule has 0 radical (unpaired) electrons. The molecule has 0 aromatic heterocycles. The largest absolute Gasteiger partial charge is 0.464 e. The van der Waals surface area contributed by atoms with Crippen LogP contribution in [-0.4, -0.2) is 30.6 Å². The standard InChI is InChI=1S/C9H16O4.Zr/c1-5-12-9(11)8(7(4)10)13-6(2)3;/h6,8H,5H2,1-4H3;. The van der Waals surface area contributed by atoms with E-state index >= 15 is 0 Å². The molecule has 0 saturated heterocycles. The van der Waals surface area contributed by atoms with Gasteiger partial charge in [-0.05, 0) is 27.7 Å². The van der Waals surface area contributed by atoms with Gasteiger partial charge in [0.25, 0.3) is 0 Å². The van der Waals surface area contributed by atoms with Crippen LogP contribution in [-0.2, 0) is 45.3 Å². The Morgan fingerprint density at radius 3 is 2.07 bits per heavy atom. The van der Waals surface area contributed by atoms with E-state index < -0.39 is 12.1 Å². The number of esters is 1. The molecule has 80 valence electrons. The van der Waals surface area contributed by atoms with Crippen molar-refractivity contribution < 1.29 is 45.3 Å². The van der Waals surface area contributed by atoms with Crippen LogP contribution in [0.4, 0.5) is 0 Å². The minimum atomic E-state index is -1.07. The Bertz CT molecular complexity index is 191. The van der Waals surface area contributed by atoms with E-state index in [1.54, 1.807) is 20.8 Å². The molecule has 0 amide bonds. The summed E-state index contributed by atoms with van der Waals surface area (Å²) < 4.78 is 9.78. The van der Waals surface area contributed by atoms with E-state index in [9.17, 15) is 9.59 Å². The van der Waals surface area contributed by atoms with Crippen LogP contribution in [0.3, 0.4) is 0 Å². The number of Topliss-reactive ketones (excluding diaryl/α,β-unsaturated/α-hetero) is 1. The Labute approximate surface area is 103 Å². The van der Waals surface area contributed by atoms with E-state index in [1.165, 1.54) is 6.92 Å². The summed E-state index contributed by atoms with van der Waals surface area (Å²) in [6.07, 6.45) is -1.24. The van der Waals surface area contributed by atoms with Crippen molar-refractivity contribution >= 4 is 11.8 Å². The number of hydrogen-bond acceptors (Lipinski definition) is 4. The molecule has 0 heterocycles. The molecule has 0 spiro atoms. The van der Waals surface area contributed by atoms with Crippen molar-refractivity contribution in [3.63, 3.8) is 0 Å². The van der Waals surface area contributed by atoms with E-state index in [1.807, 2.05) is 0 Å². The van der Waals surface area contributed by atoms with Crippen LogP contribution in [0, 0.1) is 0 Å². The van der Waals surface area contributed by atoms with Gasteiger partial charge in [0.15, 0.2) is 5.78 Å². The molecule has 0 rings (SSSR count). The van der Waals surface area contributed by atoms with Crippen molar-refractivity contribution in [2.45, 2.75) is 39.9 Å². The Kier molecular flexibility index (Phi) is 9.74. The molecule has 4 nitrogen and oxygen atoms in total. The molecule has 0 aliphatic heterocycles. The average molecular weight is 279 g/mol. The predicted molar refractivity (Wildman–Crippen MR) is 47.3 cm³/mol. The second kappa shape index (κ2) is 8.30. The summed E-state index contributed by atoms with van der Waals surface area (Å²) in [6.45, 7) is 6.77. The molecule has 0 N–H and O–H groups in total. The summed E-state index contributed by atoms with van der Waals surface area (Å²) in [4.78, 5) is 22.1. The molecule has 0 saturated carbocycles. The number of ether oxygens (including phenoxy) is 2. The second-order valence-electron chi connectivity index (χ2n) is 2.93. The van der Waals surface area contributed by atoms with Gasteiger partial charge in [0, 0.05) is 26.2 Å². The number of rotatable bonds is 5. The number of hydrogen-bond donors (Lipinski definition) is 0. The van der Waals surface area contributed by atoms with Crippen molar-refractivity contribution in [3.05, 3.63) is 0 Å². The van der Waals surface area contributed by atoms with Gasteiger partial charge < -0.3 is 9.47 Å². The van der Waals surface area contributed by atoms with Crippen molar-refractivity contribution in [1.82, 2.24) is 0 Å². The first-order valence-electron chi connectivity index (χ1n) is 4.31. The van der Waals surface area contributed by atoms with Crippen LogP contribution in [0.1, 0.15) is 27.7 Å². The first-order chi connectivity index (χ1) is 5.99. The van der Waals surface area contributed by atoms with Gasteiger partial charge in [-0.15, -0.1) is 0 Å². The molecular formula is C9H16O4Zr. The summed E-state index contributed by atoms with van der Waals surface area (Å²) in [6, 6.07) is 0. The van der Waals surface area contributed by atoms with Crippen LogP contribution in [0.5, 0.6) is 0 Å². The molecule has 0 aromatic rings. The van der Waals surface area contributed by atoms with E-state index in [2.05, 4.69) is 4.74 Å². The Balaban J connectivity index is 0. The second-order valence-corrected chi connectivity index (χ2v) is 2.93. The zero-order valence-corrected chi connectivity index (χ0v) is 11.5. The molecule has 0 aliphatic rings. The van der Waals surface area contributed by atoms with Crippen molar-refractivity contribution in [2.75, 3.05) is 6.61 Å². The monoisotopic (exact) mass is 278 g/mol. The minimum Gasteiger partial charge on any atom is -0.464 e. The molecule has 14 heavy (non-hydrogen) atoms. The molecule has 0 fully saturated rings. The van der Waals surface area contributed by atoms with Crippen LogP contribution in [0.2, 0.25) is 0 Å². The topological polar surface area (TPSA) is 52.6 Å². The fraction of sp³-hybridized carbons (Fsp3) is 0.778. The molecule has 1 unspecified atom stereocenters. The molecule has 0 bridgehead atoms. The van der Waals surface area contributed by atoms with Gasteiger partial charge in [-0.2, -0.15) is 0 Å². The van der Waals surface area contributed by atoms with Gasteiger partial charge in [0.2, 0.25) is 6.10 Å². The molecule has 1 atom stereocenters. The van der Waals surface area contributed by atoms with Crippen LogP contribution in [0.25, 0.3) is 0 Å². The summed E-state index contributed by atoms with van der Waals surface area (Å²) >= 11 is 0. The van der Waals surface area contributed by atoms with E-state index in [4.69, 9.17) is 4.74 Å². The molecule has 0 aromatic carbocycles. The van der Waals surface area contributed by atoms with Crippen molar-refractivity contribution in [3.8, 4) is 0 Å². The van der Waals surface area contributed by atoms with Gasteiger partial charge in [0.1, 0.15) is 0 Å². The normalized spacial score (nSPS) is 11.8. The Hall–Kier alpha value is -0.0169. The van der Waals surface area contributed by atoms with Gasteiger partial charge in [-0.3, -0.25) is 4.79 Å². The third kappa shape index (κ3) is 6.44. The molecule has 5 heteroatoms. The average Bonchev–Trinajstić information content (AvgIpc) is 1.99. The minimum absolute atomic E-state index is 0. The SMILES string of the molecule is CCOC(=O)C(OC(C)C)C(C)=O.[Zr]. The predicted octanol–water partition coefficient (Wildman–Crippen LogP) is 0.930. The molecule has 0 aliphatic carbocycles. The summed E-state index contributed by atoms with van der Waals surface area (Å²) in [5.41, 5.74) is 0. The van der Waals surface area contributed by atoms with Crippen molar-refractivity contribution in [2.24, 2.45) is 0 Å². The summed E-state index contributed by atoms with van der Waals surface area (Å²) in [5, 5.41) is 0. The first kappa shape index (κ1) is 16.4. The van der Waals surface area contributed by atoms with Gasteiger partial charge >= 0.3 is 5.97 Å². The number of carbonyl (C=O) groups is 2. The van der Waals surface area contributed by atoms with E-state index in [-0.39, 0.29) is 44.7 Å². The third-order valence-corrected chi connectivity index (χ3v) is 1.28. The van der Waals surface area contributed by atoms with Crippen molar-refractivity contribution in [1.29, 1.82) is 0 Å². The van der Waals surface area contributed by atoms with Gasteiger partial charge in [-0.25, -0.2) is 4.79 Å².